The van der Waals surface area contributed by atoms with Crippen molar-refractivity contribution in [3.05, 3.63) is 65.2 Å². The Labute approximate surface area is 222 Å². The van der Waals surface area contributed by atoms with E-state index in [0.717, 1.165) is 11.1 Å². The SMILES string of the molecule is Cc1ccc(CN2CC[C@@H](N3CC[C@@H](c4ccc(OC(=O)CC(N)C(=O)O)cc4)[C@H](F)C3)C2=O)cc1.Cl. The van der Waals surface area contributed by atoms with Gasteiger partial charge in [0, 0.05) is 25.6 Å². The molecule has 8 nitrogen and oxygen atoms in total. The first-order valence-electron chi connectivity index (χ1n) is 12.2. The molecule has 0 bridgehead atoms. The Morgan fingerprint density at radius 3 is 2.41 bits per heavy atom. The summed E-state index contributed by atoms with van der Waals surface area (Å²) in [6, 6.07) is 13.1. The number of nitrogens with two attached hydrogens (primary N) is 1. The molecule has 2 heterocycles. The number of likely N-dealkylation sites (tertiary alicyclic amines) is 2. The molecule has 0 saturated carbocycles. The molecule has 0 radical (unpaired) electrons. The minimum Gasteiger partial charge on any atom is -0.480 e. The Morgan fingerprint density at radius 1 is 1.11 bits per heavy atom. The number of carbonyl (C=O) groups is 3. The van der Waals surface area contributed by atoms with Gasteiger partial charge in [-0.05, 0) is 49.6 Å². The molecule has 3 N–H and O–H groups in total. The summed E-state index contributed by atoms with van der Waals surface area (Å²) in [4.78, 5) is 39.5. The number of piperidine rings is 1. The van der Waals surface area contributed by atoms with E-state index in [1.54, 1.807) is 24.3 Å². The number of amides is 1. The third kappa shape index (κ3) is 7.06. The first-order chi connectivity index (χ1) is 17.2. The van der Waals surface area contributed by atoms with Gasteiger partial charge >= 0.3 is 11.9 Å². The van der Waals surface area contributed by atoms with Gasteiger partial charge in [-0.2, -0.15) is 0 Å². The molecule has 2 aromatic carbocycles. The van der Waals surface area contributed by atoms with Crippen LogP contribution < -0.4 is 10.5 Å². The highest BCUT2D eigenvalue weighted by molar-refractivity contribution is 5.85. The van der Waals surface area contributed by atoms with E-state index in [-0.39, 0.29) is 42.6 Å². The summed E-state index contributed by atoms with van der Waals surface area (Å²) in [6.07, 6.45) is -0.284. The Morgan fingerprint density at radius 2 is 1.78 bits per heavy atom. The van der Waals surface area contributed by atoms with Crippen molar-refractivity contribution in [1.82, 2.24) is 9.80 Å². The van der Waals surface area contributed by atoms with Crippen molar-refractivity contribution in [1.29, 1.82) is 0 Å². The number of rotatable bonds is 8. The molecule has 10 heteroatoms. The maximum Gasteiger partial charge on any atom is 0.321 e. The number of carboxylic acids is 1. The van der Waals surface area contributed by atoms with Gasteiger partial charge in [-0.3, -0.25) is 19.3 Å². The minimum atomic E-state index is -1.32. The van der Waals surface area contributed by atoms with Crippen LogP contribution in [0.1, 0.15) is 41.9 Å². The van der Waals surface area contributed by atoms with Crippen LogP contribution in [-0.2, 0) is 20.9 Å². The molecule has 0 aliphatic carbocycles. The van der Waals surface area contributed by atoms with Crippen LogP contribution in [0.5, 0.6) is 5.75 Å². The van der Waals surface area contributed by atoms with Gasteiger partial charge in [0.1, 0.15) is 18.0 Å². The van der Waals surface area contributed by atoms with Gasteiger partial charge in [0.25, 0.3) is 0 Å². The molecule has 37 heavy (non-hydrogen) atoms. The zero-order chi connectivity index (χ0) is 25.8. The molecule has 2 aliphatic heterocycles. The average Bonchev–Trinajstić information content (AvgIpc) is 3.20. The fraction of sp³-hybridized carbons (Fsp3) is 0.444. The number of ether oxygens (including phenoxy) is 1. The molecule has 0 spiro atoms. The number of hydrogen-bond donors (Lipinski definition) is 2. The first kappa shape index (κ1) is 28.6. The zero-order valence-electron chi connectivity index (χ0n) is 20.7. The lowest BCUT2D eigenvalue weighted by Gasteiger charge is -2.37. The standard InChI is InChI=1S/C27H32FN3O5.ClH/c1-17-2-4-18(5-3-17)15-31-13-11-24(26(31)33)30-12-10-21(22(28)16-30)19-6-8-20(9-7-19)36-25(32)14-23(29)27(34)35;/h2-9,21-24H,10-16,29H2,1H3,(H,34,35);1H/t21-,22+,23?,24+;/m0./s1. The Balaban J connectivity index is 0.00000380. The van der Waals surface area contributed by atoms with Crippen molar-refractivity contribution in [2.24, 2.45) is 5.73 Å². The number of carboxylic acid groups (broad SMARTS) is 1. The maximum atomic E-state index is 15.3. The third-order valence-electron chi connectivity index (χ3n) is 7.02. The van der Waals surface area contributed by atoms with Crippen molar-refractivity contribution in [3.8, 4) is 5.75 Å². The molecule has 2 aliphatic rings. The lowest BCUT2D eigenvalue weighted by atomic mass is 9.87. The number of esters is 1. The fourth-order valence-corrected chi connectivity index (χ4v) is 4.94. The summed E-state index contributed by atoms with van der Waals surface area (Å²) >= 11 is 0. The number of halogens is 2. The summed E-state index contributed by atoms with van der Waals surface area (Å²) in [5.41, 5.74) is 8.42. The van der Waals surface area contributed by atoms with Gasteiger partial charge < -0.3 is 20.5 Å². The Hall–Kier alpha value is -3.01. The van der Waals surface area contributed by atoms with E-state index in [4.69, 9.17) is 15.6 Å². The quantitative estimate of drug-likeness (QED) is 0.396. The summed E-state index contributed by atoms with van der Waals surface area (Å²) in [6.45, 7) is 4.10. The topological polar surface area (TPSA) is 113 Å². The predicted octanol–water partition coefficient (Wildman–Crippen LogP) is 3.05. The van der Waals surface area contributed by atoms with Gasteiger partial charge in [0.15, 0.2) is 0 Å². The second-order valence-electron chi connectivity index (χ2n) is 9.65. The largest absolute Gasteiger partial charge is 0.480 e. The summed E-state index contributed by atoms with van der Waals surface area (Å²) in [5.74, 6) is -2.02. The molecule has 4 rings (SSSR count). The van der Waals surface area contributed by atoms with E-state index in [0.29, 0.717) is 32.5 Å². The zero-order valence-corrected chi connectivity index (χ0v) is 21.5. The molecule has 0 aromatic heterocycles. The number of hydrogen-bond acceptors (Lipinski definition) is 6. The second-order valence-corrected chi connectivity index (χ2v) is 9.65. The van der Waals surface area contributed by atoms with Crippen LogP contribution in [0.2, 0.25) is 0 Å². The number of alkyl halides is 1. The summed E-state index contributed by atoms with van der Waals surface area (Å²) in [5, 5.41) is 8.79. The van der Waals surface area contributed by atoms with Crippen molar-refractivity contribution in [2.45, 2.75) is 56.9 Å². The average molecular weight is 534 g/mol. The van der Waals surface area contributed by atoms with E-state index >= 15 is 4.39 Å². The van der Waals surface area contributed by atoms with E-state index in [1.165, 1.54) is 5.56 Å². The fourth-order valence-electron chi connectivity index (χ4n) is 4.94. The Bertz CT molecular complexity index is 1100. The predicted molar refractivity (Wildman–Crippen MR) is 138 cm³/mol. The third-order valence-corrected chi connectivity index (χ3v) is 7.02. The highest BCUT2D eigenvalue weighted by Gasteiger charge is 2.40. The van der Waals surface area contributed by atoms with E-state index in [2.05, 4.69) is 0 Å². The summed E-state index contributed by atoms with van der Waals surface area (Å²) in [7, 11) is 0. The smallest absolute Gasteiger partial charge is 0.321 e. The number of carbonyl (C=O) groups excluding carboxylic acids is 2. The molecule has 2 saturated heterocycles. The first-order valence-corrected chi connectivity index (χ1v) is 12.2. The second kappa shape index (κ2) is 12.5. The van der Waals surface area contributed by atoms with Crippen LogP contribution in [0.15, 0.2) is 48.5 Å². The maximum absolute atomic E-state index is 15.3. The lowest BCUT2D eigenvalue weighted by molar-refractivity contribution is -0.143. The van der Waals surface area contributed by atoms with Crippen LogP contribution in [-0.4, -0.2) is 70.6 Å². The number of aryl methyl sites for hydroxylation is 1. The van der Waals surface area contributed by atoms with Crippen LogP contribution in [0.4, 0.5) is 4.39 Å². The molecular formula is C27H33ClFN3O5. The normalized spacial score (nSPS) is 22.8. The minimum absolute atomic E-state index is 0. The van der Waals surface area contributed by atoms with Crippen molar-refractivity contribution >= 4 is 30.3 Å². The van der Waals surface area contributed by atoms with Gasteiger partial charge in [0.2, 0.25) is 5.91 Å². The van der Waals surface area contributed by atoms with Gasteiger partial charge in [-0.1, -0.05) is 42.0 Å². The summed E-state index contributed by atoms with van der Waals surface area (Å²) < 4.78 is 20.4. The van der Waals surface area contributed by atoms with Crippen LogP contribution in [0.25, 0.3) is 0 Å². The Kier molecular flexibility index (Phi) is 9.64. The number of benzene rings is 2. The van der Waals surface area contributed by atoms with Crippen LogP contribution >= 0.6 is 12.4 Å². The molecule has 2 fully saturated rings. The molecular weight excluding hydrogens is 501 g/mol. The molecule has 2 aromatic rings. The van der Waals surface area contributed by atoms with Crippen LogP contribution in [0, 0.1) is 6.92 Å². The monoisotopic (exact) mass is 533 g/mol. The van der Waals surface area contributed by atoms with Crippen molar-refractivity contribution in [2.75, 3.05) is 19.6 Å². The van der Waals surface area contributed by atoms with Gasteiger partial charge in [-0.25, -0.2) is 4.39 Å². The van der Waals surface area contributed by atoms with E-state index in [1.807, 2.05) is 41.0 Å². The molecule has 200 valence electrons. The lowest BCUT2D eigenvalue weighted by Crippen LogP contribution is -2.49. The van der Waals surface area contributed by atoms with Gasteiger partial charge in [-0.15, -0.1) is 12.4 Å². The molecule has 1 unspecified atom stereocenters. The van der Waals surface area contributed by atoms with Crippen molar-refractivity contribution in [3.63, 3.8) is 0 Å². The molecule has 4 atom stereocenters. The van der Waals surface area contributed by atoms with E-state index < -0.39 is 30.6 Å². The highest BCUT2D eigenvalue weighted by Crippen LogP contribution is 2.34. The van der Waals surface area contributed by atoms with Crippen LogP contribution in [0.3, 0.4) is 0 Å². The molecule has 1 amide bonds. The number of nitrogens with zero attached hydrogens (tertiary/aromatic N) is 2. The number of aliphatic carboxylic acids is 1. The van der Waals surface area contributed by atoms with Crippen molar-refractivity contribution < 1.29 is 28.6 Å². The highest BCUT2D eigenvalue weighted by atomic mass is 35.5. The van der Waals surface area contributed by atoms with Gasteiger partial charge in [0.05, 0.1) is 12.5 Å². The van der Waals surface area contributed by atoms with E-state index in [9.17, 15) is 14.4 Å².